The topological polar surface area (TPSA) is 119 Å². The van der Waals surface area contributed by atoms with Crippen molar-refractivity contribution < 1.29 is 60.0 Å². The van der Waals surface area contributed by atoms with Gasteiger partial charge in [-0.1, -0.05) is 38.0 Å². The average molecular weight is 854 g/mol. The highest BCUT2D eigenvalue weighted by Gasteiger charge is 2.57. The Kier molecular flexibility index (Phi) is 13.0. The summed E-state index contributed by atoms with van der Waals surface area (Å²) >= 11 is 0.384. The summed E-state index contributed by atoms with van der Waals surface area (Å²) in [6.45, 7) is 3.83. The molecular formula is C42H49F6N3O7S. The molecule has 1 N–H and O–H groups in total. The molecule has 0 bridgehead atoms. The minimum Gasteiger partial charge on any atom is -0.490 e. The van der Waals surface area contributed by atoms with Crippen LogP contribution in [0.1, 0.15) is 111 Å². The second-order valence-corrected chi connectivity index (χ2v) is 16.7. The maximum absolute atomic E-state index is 15.1. The van der Waals surface area contributed by atoms with Crippen LogP contribution in [0.15, 0.2) is 54.0 Å². The summed E-state index contributed by atoms with van der Waals surface area (Å²) in [6, 6.07) is 8.80. The van der Waals surface area contributed by atoms with Gasteiger partial charge in [0.2, 0.25) is 5.60 Å². The van der Waals surface area contributed by atoms with Crippen molar-refractivity contribution >= 4 is 29.1 Å². The molecule has 1 aliphatic carbocycles. The Bertz CT molecular complexity index is 1980. The van der Waals surface area contributed by atoms with Crippen molar-refractivity contribution in [2.75, 3.05) is 26.7 Å². The van der Waals surface area contributed by atoms with E-state index in [4.69, 9.17) is 14.2 Å². The third-order valence-corrected chi connectivity index (χ3v) is 13.2. The third kappa shape index (κ3) is 8.91. The molecule has 0 unspecified atom stereocenters. The maximum atomic E-state index is 15.1. The number of aliphatic carboxylic acids is 1. The van der Waals surface area contributed by atoms with Crippen LogP contribution in [0.5, 0.6) is 11.5 Å². The van der Waals surface area contributed by atoms with Gasteiger partial charge in [0.05, 0.1) is 28.7 Å². The summed E-state index contributed by atoms with van der Waals surface area (Å²) in [7, 11) is 1.55. The largest absolute Gasteiger partial charge is 0.490 e. The van der Waals surface area contributed by atoms with Gasteiger partial charge < -0.3 is 29.1 Å². The number of alkyl halides is 6. The number of methoxy groups -OCH3 is 1. The van der Waals surface area contributed by atoms with Crippen molar-refractivity contribution in [3.8, 4) is 11.5 Å². The lowest BCUT2D eigenvalue weighted by atomic mass is 9.66. The van der Waals surface area contributed by atoms with E-state index in [1.807, 2.05) is 31.2 Å². The van der Waals surface area contributed by atoms with Gasteiger partial charge in [0.15, 0.2) is 0 Å². The second-order valence-electron chi connectivity index (χ2n) is 15.8. The lowest BCUT2D eigenvalue weighted by Gasteiger charge is -2.51. The summed E-state index contributed by atoms with van der Waals surface area (Å²) in [4.78, 5) is 46.7. The number of benzene rings is 1. The van der Waals surface area contributed by atoms with Gasteiger partial charge in [-0.15, -0.1) is 11.3 Å². The van der Waals surface area contributed by atoms with Crippen LogP contribution in [0.4, 0.5) is 26.3 Å². The number of carboxylic acid groups (broad SMARTS) is 1. The SMILES string of the molecule is CCC[C@H]1N(C(=O)c2ncccc2C(F)(F)F)CCC[C@@]1(Oc1csc(C(F)(F)F)c1)C(=O)N1CCC(OC)(c2ccccc2O[C@H](C)CCC2(C(=O)O)CCC2)CC1. The predicted octanol–water partition coefficient (Wildman–Crippen LogP) is 9.37. The highest BCUT2D eigenvalue weighted by Crippen LogP contribution is 2.47. The first-order valence-corrected chi connectivity index (χ1v) is 20.8. The van der Waals surface area contributed by atoms with Gasteiger partial charge in [0.1, 0.15) is 22.1 Å². The number of nitrogens with zero attached hydrogens (tertiary/aromatic N) is 3. The fourth-order valence-electron chi connectivity index (χ4n) is 8.87. The van der Waals surface area contributed by atoms with Gasteiger partial charge in [-0.05, 0) is 76.5 Å². The highest BCUT2D eigenvalue weighted by molar-refractivity contribution is 7.10. The predicted molar refractivity (Wildman–Crippen MR) is 205 cm³/mol. The number of carbonyl (C=O) groups excluding carboxylic acids is 2. The number of piperidine rings is 2. The molecule has 6 rings (SSSR count). The quantitative estimate of drug-likeness (QED) is 0.160. The molecule has 0 spiro atoms. The zero-order valence-corrected chi connectivity index (χ0v) is 34.0. The Morgan fingerprint density at radius 2 is 1.68 bits per heavy atom. The Balaban J connectivity index is 1.29. The number of para-hydroxylation sites is 1. The summed E-state index contributed by atoms with van der Waals surface area (Å²) in [5.41, 5.74) is -4.98. The van der Waals surface area contributed by atoms with Gasteiger partial charge in [-0.3, -0.25) is 19.4 Å². The monoisotopic (exact) mass is 853 g/mol. The average Bonchev–Trinajstić information content (AvgIpc) is 3.67. The number of carbonyl (C=O) groups is 3. The molecule has 3 fully saturated rings. The molecule has 2 aliphatic heterocycles. The van der Waals surface area contributed by atoms with Crippen LogP contribution in [-0.4, -0.2) is 82.2 Å². The van der Waals surface area contributed by atoms with E-state index in [0.717, 1.165) is 41.8 Å². The maximum Gasteiger partial charge on any atom is 0.425 e. The molecule has 3 aliphatic rings. The molecule has 3 aromatic rings. The number of aromatic nitrogens is 1. The Hall–Kier alpha value is -4.38. The molecule has 2 amide bonds. The van der Waals surface area contributed by atoms with E-state index in [0.29, 0.717) is 49.2 Å². The van der Waals surface area contributed by atoms with Crippen LogP contribution in [-0.2, 0) is 32.3 Å². The normalized spacial score (nSPS) is 22.3. The summed E-state index contributed by atoms with van der Waals surface area (Å²) in [5.74, 6) is -2.14. The van der Waals surface area contributed by atoms with E-state index in [1.54, 1.807) is 14.0 Å². The molecule has 322 valence electrons. The zero-order valence-electron chi connectivity index (χ0n) is 33.2. The van der Waals surface area contributed by atoms with Crippen molar-refractivity contribution in [2.45, 2.75) is 120 Å². The number of ether oxygens (including phenoxy) is 3. The van der Waals surface area contributed by atoms with E-state index >= 15 is 4.79 Å². The fraction of sp³-hybridized carbons (Fsp3) is 0.571. The van der Waals surface area contributed by atoms with Gasteiger partial charge in [0.25, 0.3) is 11.8 Å². The molecule has 59 heavy (non-hydrogen) atoms. The Morgan fingerprint density at radius 3 is 2.27 bits per heavy atom. The molecule has 4 heterocycles. The van der Waals surface area contributed by atoms with Crippen LogP contribution in [0, 0.1) is 5.41 Å². The van der Waals surface area contributed by atoms with Gasteiger partial charge in [0, 0.05) is 56.4 Å². The molecule has 10 nitrogen and oxygen atoms in total. The molecular weight excluding hydrogens is 805 g/mol. The number of thiophene rings is 1. The van der Waals surface area contributed by atoms with E-state index in [1.165, 1.54) is 9.80 Å². The number of rotatable bonds is 14. The number of amides is 2. The van der Waals surface area contributed by atoms with Crippen LogP contribution < -0.4 is 9.47 Å². The van der Waals surface area contributed by atoms with E-state index in [9.17, 15) is 41.0 Å². The molecule has 2 aromatic heterocycles. The summed E-state index contributed by atoms with van der Waals surface area (Å²) in [6.07, 6.45) is -4.62. The van der Waals surface area contributed by atoms with Crippen LogP contribution in [0.2, 0.25) is 0 Å². The van der Waals surface area contributed by atoms with E-state index in [-0.39, 0.29) is 63.6 Å². The van der Waals surface area contributed by atoms with Crippen molar-refractivity contribution in [3.05, 3.63) is 75.7 Å². The molecule has 0 radical (unpaired) electrons. The second kappa shape index (κ2) is 17.3. The first-order valence-electron chi connectivity index (χ1n) is 19.9. The van der Waals surface area contributed by atoms with E-state index in [2.05, 4.69) is 4.98 Å². The van der Waals surface area contributed by atoms with Crippen LogP contribution >= 0.6 is 11.3 Å². The number of hydrogen-bond donors (Lipinski definition) is 1. The summed E-state index contributed by atoms with van der Waals surface area (Å²) < 4.78 is 103. The Labute approximate surface area is 342 Å². The third-order valence-electron chi connectivity index (χ3n) is 12.3. The van der Waals surface area contributed by atoms with Crippen molar-refractivity contribution in [3.63, 3.8) is 0 Å². The summed E-state index contributed by atoms with van der Waals surface area (Å²) in [5, 5.41) is 10.9. The van der Waals surface area contributed by atoms with Gasteiger partial charge in [-0.2, -0.15) is 26.3 Å². The number of hydrogen-bond acceptors (Lipinski definition) is 8. The number of carboxylic acids is 1. The molecule has 1 aromatic carbocycles. The Morgan fingerprint density at radius 1 is 0.966 bits per heavy atom. The molecule has 3 atom stereocenters. The lowest BCUT2D eigenvalue weighted by Crippen LogP contribution is -2.68. The van der Waals surface area contributed by atoms with Crippen molar-refractivity contribution in [1.82, 2.24) is 14.8 Å². The molecule has 17 heteroatoms. The van der Waals surface area contributed by atoms with E-state index < -0.39 is 68.9 Å². The van der Waals surface area contributed by atoms with Gasteiger partial charge >= 0.3 is 18.3 Å². The zero-order chi connectivity index (χ0) is 42.8. The van der Waals surface area contributed by atoms with Crippen molar-refractivity contribution in [2.24, 2.45) is 5.41 Å². The number of pyridine rings is 1. The minimum absolute atomic E-state index is 0.0184. The molecule has 2 saturated heterocycles. The standard InChI is InChI=1S/C42H49F6N3O7S/c1-4-10-32-40(58-28-25-33(59-26-28)42(46,47)48,17-9-22-51(32)35(52)34-30(41(43,44)45)12-7-21-49-34)36(53)50-23-19-39(56-3,20-24-50)29-11-5-6-13-31(29)57-27(2)14-18-38(37(54)55)15-8-16-38/h5-7,11-13,21,25-27,32H,4,8-10,14-20,22-24H2,1-3H3,(H,54,55)/t27-,32-,40+/m1/s1. The van der Waals surface area contributed by atoms with Crippen LogP contribution in [0.25, 0.3) is 0 Å². The molecule has 1 saturated carbocycles. The minimum atomic E-state index is -4.91. The first kappa shape index (κ1) is 44.2. The highest BCUT2D eigenvalue weighted by atomic mass is 32.1. The van der Waals surface area contributed by atoms with Crippen molar-refractivity contribution in [1.29, 1.82) is 0 Å². The van der Waals surface area contributed by atoms with Gasteiger partial charge in [-0.25, -0.2) is 0 Å². The van der Waals surface area contributed by atoms with Crippen LogP contribution in [0.3, 0.4) is 0 Å². The fourth-order valence-corrected chi connectivity index (χ4v) is 9.55. The number of halogens is 6. The smallest absolute Gasteiger partial charge is 0.425 e. The lowest BCUT2D eigenvalue weighted by molar-refractivity contribution is -0.164. The first-order chi connectivity index (χ1) is 27.9. The number of likely N-dealkylation sites (tertiary alicyclic amines) is 2.